The molecule has 1 aromatic rings. The largest absolute Gasteiger partial charge is 0.453 e. The summed E-state index contributed by atoms with van der Waals surface area (Å²) in [6, 6.07) is 7.33. The first-order valence-electron chi connectivity index (χ1n) is 4.82. The van der Waals surface area contributed by atoms with Gasteiger partial charge in [-0.15, -0.1) is 0 Å². The van der Waals surface area contributed by atoms with Crippen LogP contribution in [0.1, 0.15) is 17.2 Å². The number of fused-ring (bicyclic) bond motifs is 1. The normalized spacial score (nSPS) is 23.3. The number of benzene rings is 1. The average Bonchev–Trinajstić information content (AvgIpc) is 2.55. The van der Waals surface area contributed by atoms with Crippen LogP contribution in [-0.2, 0) is 11.2 Å². The standard InChI is InChI=1S/C11H13NO3/c1-15-11(14)12-10-8-5-3-2-4-7(8)6-9(10)13/h2-5,9-10,13H,6H2,1H3,(H,12,14)/t9-,10+/m1/s1. The SMILES string of the molecule is COC(=O)N[C@H]1c2ccccc2C[C@H]1O. The van der Waals surface area contributed by atoms with Gasteiger partial charge in [0, 0.05) is 6.42 Å². The zero-order valence-corrected chi connectivity index (χ0v) is 8.43. The molecule has 0 heterocycles. The van der Waals surface area contributed by atoms with Gasteiger partial charge in [0.2, 0.25) is 0 Å². The van der Waals surface area contributed by atoms with E-state index in [-0.39, 0.29) is 6.04 Å². The van der Waals surface area contributed by atoms with Crippen molar-refractivity contribution in [2.75, 3.05) is 7.11 Å². The van der Waals surface area contributed by atoms with Crippen LogP contribution in [0.5, 0.6) is 0 Å². The van der Waals surface area contributed by atoms with Gasteiger partial charge in [-0.3, -0.25) is 0 Å². The number of ether oxygens (including phenoxy) is 1. The molecule has 2 N–H and O–H groups in total. The van der Waals surface area contributed by atoms with Crippen LogP contribution in [0.3, 0.4) is 0 Å². The van der Waals surface area contributed by atoms with Gasteiger partial charge >= 0.3 is 6.09 Å². The molecule has 4 nitrogen and oxygen atoms in total. The lowest BCUT2D eigenvalue weighted by atomic mass is 10.1. The maximum Gasteiger partial charge on any atom is 0.407 e. The van der Waals surface area contributed by atoms with Crippen molar-refractivity contribution in [3.05, 3.63) is 35.4 Å². The minimum atomic E-state index is -0.568. The Morgan fingerprint density at radius 2 is 2.27 bits per heavy atom. The Morgan fingerprint density at radius 1 is 1.53 bits per heavy atom. The summed E-state index contributed by atoms with van der Waals surface area (Å²) >= 11 is 0. The number of hydrogen-bond donors (Lipinski definition) is 2. The third-order valence-corrected chi connectivity index (χ3v) is 2.66. The van der Waals surface area contributed by atoms with E-state index >= 15 is 0 Å². The second-order valence-corrected chi connectivity index (χ2v) is 3.58. The number of alkyl carbamates (subject to hydrolysis) is 1. The predicted molar refractivity (Wildman–Crippen MR) is 54.4 cm³/mol. The van der Waals surface area contributed by atoms with Gasteiger partial charge in [-0.1, -0.05) is 24.3 Å². The minimum Gasteiger partial charge on any atom is -0.453 e. The molecule has 0 aliphatic heterocycles. The number of hydrogen-bond acceptors (Lipinski definition) is 3. The van der Waals surface area contributed by atoms with Gasteiger partial charge in [0.05, 0.1) is 19.3 Å². The minimum absolute atomic E-state index is 0.353. The van der Waals surface area contributed by atoms with Gasteiger partial charge in [0.15, 0.2) is 0 Å². The zero-order valence-electron chi connectivity index (χ0n) is 8.43. The van der Waals surface area contributed by atoms with Crippen LogP contribution in [0.15, 0.2) is 24.3 Å². The molecule has 2 atom stereocenters. The van der Waals surface area contributed by atoms with Crippen LogP contribution in [0, 0.1) is 0 Å². The first-order valence-corrected chi connectivity index (χ1v) is 4.82. The van der Waals surface area contributed by atoms with E-state index in [0.29, 0.717) is 6.42 Å². The van der Waals surface area contributed by atoms with Gasteiger partial charge in [-0.2, -0.15) is 0 Å². The molecule has 2 rings (SSSR count). The molecule has 0 saturated carbocycles. The van der Waals surface area contributed by atoms with Crippen molar-refractivity contribution in [3.63, 3.8) is 0 Å². The lowest BCUT2D eigenvalue weighted by molar-refractivity contribution is 0.123. The molecule has 0 radical (unpaired) electrons. The van der Waals surface area contributed by atoms with E-state index in [1.54, 1.807) is 0 Å². The molecule has 0 aromatic heterocycles. The molecule has 0 spiro atoms. The second kappa shape index (κ2) is 3.90. The summed E-state index contributed by atoms with van der Waals surface area (Å²) in [4.78, 5) is 11.1. The third kappa shape index (κ3) is 1.80. The average molecular weight is 207 g/mol. The van der Waals surface area contributed by atoms with Crippen LogP contribution >= 0.6 is 0 Å². The Bertz CT molecular complexity index is 378. The third-order valence-electron chi connectivity index (χ3n) is 2.66. The highest BCUT2D eigenvalue weighted by Gasteiger charge is 2.31. The Morgan fingerprint density at radius 3 is 3.00 bits per heavy atom. The van der Waals surface area contributed by atoms with Crippen LogP contribution in [0.25, 0.3) is 0 Å². The van der Waals surface area contributed by atoms with Gasteiger partial charge in [-0.25, -0.2) is 4.79 Å². The molecule has 1 aliphatic carbocycles. The van der Waals surface area contributed by atoms with Crippen molar-refractivity contribution in [1.29, 1.82) is 0 Å². The lowest BCUT2D eigenvalue weighted by Gasteiger charge is -2.16. The second-order valence-electron chi connectivity index (χ2n) is 3.58. The van der Waals surface area contributed by atoms with Gasteiger partial charge in [0.25, 0.3) is 0 Å². The molecule has 80 valence electrons. The van der Waals surface area contributed by atoms with Crippen molar-refractivity contribution >= 4 is 6.09 Å². The molecule has 0 unspecified atom stereocenters. The number of carbonyl (C=O) groups is 1. The molecule has 0 fully saturated rings. The maximum absolute atomic E-state index is 11.1. The van der Waals surface area contributed by atoms with E-state index in [1.807, 2.05) is 24.3 Å². The van der Waals surface area contributed by atoms with Crippen molar-refractivity contribution in [3.8, 4) is 0 Å². The Labute approximate surface area is 87.9 Å². The van der Waals surface area contributed by atoms with E-state index in [1.165, 1.54) is 7.11 Å². The van der Waals surface area contributed by atoms with E-state index < -0.39 is 12.2 Å². The van der Waals surface area contributed by atoms with Crippen LogP contribution in [0.4, 0.5) is 4.79 Å². The highest BCUT2D eigenvalue weighted by Crippen LogP contribution is 2.31. The topological polar surface area (TPSA) is 58.6 Å². The molecule has 1 amide bonds. The summed E-state index contributed by atoms with van der Waals surface area (Å²) in [5.41, 5.74) is 2.04. The molecule has 4 heteroatoms. The number of aliphatic hydroxyl groups is 1. The zero-order chi connectivity index (χ0) is 10.8. The smallest absolute Gasteiger partial charge is 0.407 e. The molecule has 15 heavy (non-hydrogen) atoms. The Kier molecular flexibility index (Phi) is 2.60. The van der Waals surface area contributed by atoms with Crippen molar-refractivity contribution in [2.45, 2.75) is 18.6 Å². The fourth-order valence-electron chi connectivity index (χ4n) is 1.93. The van der Waals surface area contributed by atoms with Crippen LogP contribution in [-0.4, -0.2) is 24.4 Å². The number of carbonyl (C=O) groups excluding carboxylic acids is 1. The summed E-state index contributed by atoms with van der Waals surface area (Å²) < 4.78 is 4.51. The fourth-order valence-corrected chi connectivity index (χ4v) is 1.93. The maximum atomic E-state index is 11.1. The van der Waals surface area contributed by atoms with E-state index in [0.717, 1.165) is 11.1 Å². The summed E-state index contributed by atoms with van der Waals surface area (Å²) in [6.07, 6.45) is -0.512. The predicted octanol–water partition coefficient (Wildman–Crippen LogP) is 1.00. The molecule has 1 aliphatic rings. The van der Waals surface area contributed by atoms with Crippen molar-refractivity contribution < 1.29 is 14.6 Å². The van der Waals surface area contributed by atoms with Crippen LogP contribution in [0.2, 0.25) is 0 Å². The number of aliphatic hydroxyl groups excluding tert-OH is 1. The Balaban J connectivity index is 2.22. The van der Waals surface area contributed by atoms with Gasteiger partial charge in [-0.05, 0) is 11.1 Å². The number of rotatable bonds is 1. The summed E-state index contributed by atoms with van der Waals surface area (Å²) in [6.45, 7) is 0. The number of methoxy groups -OCH3 is 1. The fraction of sp³-hybridized carbons (Fsp3) is 0.364. The molecule has 0 bridgehead atoms. The van der Waals surface area contributed by atoms with E-state index in [2.05, 4.69) is 10.1 Å². The number of nitrogens with one attached hydrogen (secondary N) is 1. The first-order chi connectivity index (χ1) is 7.22. The summed E-state index contributed by atoms with van der Waals surface area (Å²) in [5, 5.41) is 12.4. The van der Waals surface area contributed by atoms with Crippen molar-refractivity contribution in [2.24, 2.45) is 0 Å². The summed E-state index contributed by atoms with van der Waals surface area (Å²) in [7, 11) is 1.31. The quantitative estimate of drug-likeness (QED) is 0.722. The molecule has 1 aromatic carbocycles. The van der Waals surface area contributed by atoms with Gasteiger partial charge < -0.3 is 15.2 Å². The van der Waals surface area contributed by atoms with Gasteiger partial charge in [0.1, 0.15) is 0 Å². The van der Waals surface area contributed by atoms with Crippen molar-refractivity contribution in [1.82, 2.24) is 5.32 Å². The van der Waals surface area contributed by atoms with Crippen LogP contribution < -0.4 is 5.32 Å². The highest BCUT2D eigenvalue weighted by molar-refractivity contribution is 5.68. The molecular formula is C11H13NO3. The molecular weight excluding hydrogens is 194 g/mol. The highest BCUT2D eigenvalue weighted by atomic mass is 16.5. The first kappa shape index (κ1) is 9.98. The Hall–Kier alpha value is -1.55. The number of amides is 1. The molecule has 0 saturated heterocycles. The van der Waals surface area contributed by atoms with E-state index in [9.17, 15) is 9.90 Å². The lowest BCUT2D eigenvalue weighted by Crippen LogP contribution is -2.33. The summed E-state index contributed by atoms with van der Waals surface area (Å²) in [5.74, 6) is 0. The monoisotopic (exact) mass is 207 g/mol. The van der Waals surface area contributed by atoms with E-state index in [4.69, 9.17) is 0 Å².